The first-order valence-electron chi connectivity index (χ1n) is 9.75. The summed E-state index contributed by atoms with van der Waals surface area (Å²) >= 11 is 0. The Balaban J connectivity index is 1.46. The molecule has 7 heteroatoms. The molecule has 0 bridgehead atoms. The van der Waals surface area contributed by atoms with Crippen molar-refractivity contribution in [1.82, 2.24) is 20.0 Å². The Morgan fingerprint density at radius 2 is 2.04 bits per heavy atom. The second kappa shape index (κ2) is 7.30. The van der Waals surface area contributed by atoms with Crippen LogP contribution in [0.4, 0.5) is 4.79 Å². The topological polar surface area (TPSA) is 78.5 Å². The number of hydrogen-bond donors (Lipinski definition) is 1. The van der Waals surface area contributed by atoms with Crippen molar-refractivity contribution in [2.45, 2.75) is 38.6 Å². The van der Waals surface area contributed by atoms with Gasteiger partial charge in [0.1, 0.15) is 12.1 Å². The first-order valence-corrected chi connectivity index (χ1v) is 9.75. The molecule has 0 radical (unpaired) electrons. The number of H-pyrrole nitrogens is 1. The number of carbonyl (C=O) groups is 2. The molecule has 2 amide bonds. The summed E-state index contributed by atoms with van der Waals surface area (Å²) in [6.07, 6.45) is 1.45. The van der Waals surface area contributed by atoms with Crippen LogP contribution in [0.5, 0.6) is 0 Å². The maximum Gasteiger partial charge on any atom is 0.410 e. The zero-order valence-electron chi connectivity index (χ0n) is 16.4. The lowest BCUT2D eigenvalue weighted by molar-refractivity contribution is -0.135. The first kappa shape index (κ1) is 18.5. The summed E-state index contributed by atoms with van der Waals surface area (Å²) in [5.41, 5.74) is 3.77. The second-order valence-corrected chi connectivity index (χ2v) is 7.83. The van der Waals surface area contributed by atoms with Gasteiger partial charge in [0, 0.05) is 44.6 Å². The summed E-state index contributed by atoms with van der Waals surface area (Å²) in [5, 5.41) is 7.27. The Hall–Kier alpha value is -2.83. The molecule has 2 aromatic rings. The highest BCUT2D eigenvalue weighted by molar-refractivity contribution is 5.78. The lowest BCUT2D eigenvalue weighted by atomic mass is 9.88. The number of fused-ring (bicyclic) bond motifs is 1. The van der Waals surface area contributed by atoms with Crippen molar-refractivity contribution in [3.8, 4) is 0 Å². The molecule has 0 spiro atoms. The molecule has 0 saturated carbocycles. The Labute approximate surface area is 164 Å². The van der Waals surface area contributed by atoms with Gasteiger partial charge in [0.15, 0.2) is 0 Å². The highest BCUT2D eigenvalue weighted by atomic mass is 16.6. The minimum Gasteiger partial charge on any atom is -0.447 e. The van der Waals surface area contributed by atoms with Gasteiger partial charge in [0.2, 0.25) is 5.91 Å². The van der Waals surface area contributed by atoms with Gasteiger partial charge < -0.3 is 9.64 Å². The van der Waals surface area contributed by atoms with Crippen molar-refractivity contribution in [3.63, 3.8) is 0 Å². The van der Waals surface area contributed by atoms with E-state index in [4.69, 9.17) is 4.74 Å². The Kier molecular flexibility index (Phi) is 4.83. The van der Waals surface area contributed by atoms with E-state index in [1.165, 1.54) is 0 Å². The predicted molar refractivity (Wildman–Crippen MR) is 104 cm³/mol. The quantitative estimate of drug-likeness (QED) is 0.860. The van der Waals surface area contributed by atoms with Crippen LogP contribution in [0.3, 0.4) is 0 Å². The number of carbonyl (C=O) groups excluding carboxylic acids is 2. The third-order valence-corrected chi connectivity index (χ3v) is 5.99. The van der Waals surface area contributed by atoms with E-state index in [1.807, 2.05) is 41.8 Å². The molecule has 2 aliphatic heterocycles. The van der Waals surface area contributed by atoms with Gasteiger partial charge in [0.05, 0.1) is 5.69 Å². The van der Waals surface area contributed by atoms with Gasteiger partial charge in [-0.2, -0.15) is 5.10 Å². The van der Waals surface area contributed by atoms with Gasteiger partial charge >= 0.3 is 6.09 Å². The summed E-state index contributed by atoms with van der Waals surface area (Å²) < 4.78 is 5.39. The normalized spacial score (nSPS) is 21.6. The average Bonchev–Trinajstić information content (AvgIpc) is 3.20. The molecule has 1 atom stereocenters. The van der Waals surface area contributed by atoms with Crippen molar-refractivity contribution in [3.05, 3.63) is 52.8 Å². The fourth-order valence-electron chi connectivity index (χ4n) is 4.21. The number of hydrogen-bond acceptors (Lipinski definition) is 4. The van der Waals surface area contributed by atoms with Crippen LogP contribution >= 0.6 is 0 Å². The minimum atomic E-state index is -0.481. The Morgan fingerprint density at radius 1 is 1.25 bits per heavy atom. The smallest absolute Gasteiger partial charge is 0.410 e. The van der Waals surface area contributed by atoms with Crippen molar-refractivity contribution in [1.29, 1.82) is 0 Å². The molecular formula is C21H26N4O3. The van der Waals surface area contributed by atoms with E-state index in [0.29, 0.717) is 45.5 Å². The van der Waals surface area contributed by atoms with Gasteiger partial charge in [-0.25, -0.2) is 4.79 Å². The third kappa shape index (κ3) is 3.37. The van der Waals surface area contributed by atoms with Crippen LogP contribution in [0.2, 0.25) is 0 Å². The molecule has 1 aromatic heterocycles. The first-order chi connectivity index (χ1) is 13.5. The van der Waals surface area contributed by atoms with Crippen LogP contribution in [0, 0.1) is 13.8 Å². The number of amides is 2. The van der Waals surface area contributed by atoms with E-state index in [1.54, 1.807) is 0 Å². The molecule has 28 heavy (non-hydrogen) atoms. The van der Waals surface area contributed by atoms with Gasteiger partial charge in [-0.05, 0) is 25.0 Å². The summed E-state index contributed by atoms with van der Waals surface area (Å²) in [6.45, 7) is 5.89. The zero-order valence-corrected chi connectivity index (χ0v) is 16.4. The molecule has 7 nitrogen and oxygen atoms in total. The van der Waals surface area contributed by atoms with E-state index < -0.39 is 5.54 Å². The average molecular weight is 382 g/mol. The molecule has 1 aromatic carbocycles. The van der Waals surface area contributed by atoms with E-state index in [9.17, 15) is 9.59 Å². The van der Waals surface area contributed by atoms with Crippen LogP contribution in [-0.4, -0.2) is 63.8 Å². The van der Waals surface area contributed by atoms with E-state index >= 15 is 0 Å². The third-order valence-electron chi connectivity index (χ3n) is 5.99. The van der Waals surface area contributed by atoms with Crippen LogP contribution in [-0.2, 0) is 22.4 Å². The standard InChI is InChI=1S/C21H26N4O3/c1-15-16(2)22-23-18(15)8-9-19(26)24-10-11-25-20(27)28-14-21(25,13-24)12-17-6-4-3-5-7-17/h3-7H,8-14H2,1-2H3,(H,22,23). The maximum atomic E-state index is 12.9. The fourth-order valence-corrected chi connectivity index (χ4v) is 4.21. The summed E-state index contributed by atoms with van der Waals surface area (Å²) in [6, 6.07) is 10.1. The number of aryl methyl sites for hydroxylation is 2. The summed E-state index contributed by atoms with van der Waals surface area (Å²) in [4.78, 5) is 28.8. The van der Waals surface area contributed by atoms with Crippen molar-refractivity contribution >= 4 is 12.0 Å². The van der Waals surface area contributed by atoms with Crippen LogP contribution in [0.1, 0.15) is 28.9 Å². The van der Waals surface area contributed by atoms with Crippen molar-refractivity contribution < 1.29 is 14.3 Å². The highest BCUT2D eigenvalue weighted by Crippen LogP contribution is 2.32. The molecule has 1 N–H and O–H groups in total. The predicted octanol–water partition coefficient (Wildman–Crippen LogP) is 2.24. The zero-order chi connectivity index (χ0) is 19.7. The van der Waals surface area contributed by atoms with Gasteiger partial charge in [-0.15, -0.1) is 0 Å². The van der Waals surface area contributed by atoms with Crippen LogP contribution < -0.4 is 0 Å². The Bertz CT molecular complexity index is 879. The van der Waals surface area contributed by atoms with Crippen LogP contribution in [0.15, 0.2) is 30.3 Å². The Morgan fingerprint density at radius 3 is 2.75 bits per heavy atom. The molecular weight excluding hydrogens is 356 g/mol. The van der Waals surface area contributed by atoms with Crippen molar-refractivity contribution in [2.75, 3.05) is 26.2 Å². The van der Waals surface area contributed by atoms with Crippen molar-refractivity contribution in [2.24, 2.45) is 0 Å². The van der Waals surface area contributed by atoms with Gasteiger partial charge in [-0.3, -0.25) is 14.8 Å². The fraction of sp³-hybridized carbons (Fsp3) is 0.476. The minimum absolute atomic E-state index is 0.103. The summed E-state index contributed by atoms with van der Waals surface area (Å²) in [5.74, 6) is 0.103. The monoisotopic (exact) mass is 382 g/mol. The number of rotatable bonds is 5. The van der Waals surface area contributed by atoms with E-state index in [-0.39, 0.29) is 12.0 Å². The molecule has 3 heterocycles. The molecule has 2 saturated heterocycles. The van der Waals surface area contributed by atoms with E-state index in [2.05, 4.69) is 22.3 Å². The number of cyclic esters (lactones) is 1. The number of benzene rings is 1. The lowest BCUT2D eigenvalue weighted by Crippen LogP contribution is -2.63. The molecule has 148 valence electrons. The lowest BCUT2D eigenvalue weighted by Gasteiger charge is -2.44. The maximum absolute atomic E-state index is 12.9. The SMILES string of the molecule is Cc1[nH]nc(CCC(=O)N2CCN3C(=O)OCC3(Cc3ccccc3)C2)c1C. The van der Waals surface area contributed by atoms with E-state index in [0.717, 1.165) is 22.5 Å². The van der Waals surface area contributed by atoms with Gasteiger partial charge in [0.25, 0.3) is 0 Å². The molecule has 4 rings (SSSR count). The van der Waals surface area contributed by atoms with Gasteiger partial charge in [-0.1, -0.05) is 30.3 Å². The van der Waals surface area contributed by atoms with Crippen LogP contribution in [0.25, 0.3) is 0 Å². The number of aromatic nitrogens is 2. The number of piperazine rings is 1. The number of nitrogens with one attached hydrogen (secondary N) is 1. The largest absolute Gasteiger partial charge is 0.447 e. The number of nitrogens with zero attached hydrogens (tertiary/aromatic N) is 3. The molecule has 1 unspecified atom stereocenters. The number of ether oxygens (including phenoxy) is 1. The molecule has 0 aliphatic carbocycles. The summed E-state index contributed by atoms with van der Waals surface area (Å²) in [7, 11) is 0. The highest BCUT2D eigenvalue weighted by Gasteiger charge is 2.51. The number of aromatic amines is 1. The molecule has 2 aliphatic rings. The second-order valence-electron chi connectivity index (χ2n) is 7.83. The molecule has 2 fully saturated rings.